The highest BCUT2D eigenvalue weighted by molar-refractivity contribution is 6.09. The zero-order valence-corrected chi connectivity index (χ0v) is 14.8. The number of rotatable bonds is 3. The van der Waals surface area contributed by atoms with Gasteiger partial charge in [0.15, 0.2) is 0 Å². The fraction of sp³-hybridized carbons (Fsp3) is 0.238. The van der Waals surface area contributed by atoms with E-state index in [1.54, 1.807) is 36.6 Å². The van der Waals surface area contributed by atoms with Gasteiger partial charge in [-0.15, -0.1) is 0 Å². The summed E-state index contributed by atoms with van der Waals surface area (Å²) in [5.74, 6) is -0.0627. The first-order valence-electron chi connectivity index (χ1n) is 8.93. The molecule has 1 N–H and O–H groups in total. The Morgan fingerprint density at radius 2 is 2.00 bits per heavy atom. The van der Waals surface area contributed by atoms with Crippen molar-refractivity contribution in [3.63, 3.8) is 0 Å². The zero-order valence-electron chi connectivity index (χ0n) is 14.8. The summed E-state index contributed by atoms with van der Waals surface area (Å²) in [5, 5.41) is 2.57. The first kappa shape index (κ1) is 18.3. The molecule has 0 aliphatic heterocycles. The molecule has 144 valence electrons. The number of hydrogen-bond donors (Lipinski definition) is 1. The van der Waals surface area contributed by atoms with Crippen molar-refractivity contribution in [2.24, 2.45) is 0 Å². The van der Waals surface area contributed by atoms with Gasteiger partial charge in [0, 0.05) is 5.39 Å². The molecule has 0 unspecified atom stereocenters. The van der Waals surface area contributed by atoms with E-state index < -0.39 is 18.6 Å². The lowest BCUT2D eigenvalue weighted by atomic mass is 9.86. The topological polar surface area (TPSA) is 55.1 Å². The first-order chi connectivity index (χ1) is 13.4. The average molecular weight is 386 g/mol. The van der Waals surface area contributed by atoms with Gasteiger partial charge in [-0.2, -0.15) is 13.2 Å². The third-order valence-corrected chi connectivity index (χ3v) is 4.71. The summed E-state index contributed by atoms with van der Waals surface area (Å²) in [7, 11) is 0. The third-order valence-electron chi connectivity index (χ3n) is 4.71. The molecule has 1 amide bonds. The predicted octanol–water partition coefficient (Wildman–Crippen LogP) is 5.00. The molecule has 0 saturated carbocycles. The molecule has 0 fully saturated rings. The number of halogens is 3. The van der Waals surface area contributed by atoms with E-state index in [2.05, 4.69) is 0 Å². The van der Waals surface area contributed by atoms with E-state index in [0.29, 0.717) is 34.3 Å². The molecule has 1 aromatic carbocycles. The van der Waals surface area contributed by atoms with Crippen molar-refractivity contribution in [2.45, 2.75) is 25.4 Å². The highest BCUT2D eigenvalue weighted by atomic mass is 19.4. The number of para-hydroxylation sites is 1. The van der Waals surface area contributed by atoms with E-state index in [1.165, 1.54) is 0 Å². The average Bonchev–Trinajstić information content (AvgIpc) is 3.17. The normalized spacial score (nSPS) is 15.6. The van der Waals surface area contributed by atoms with Crippen molar-refractivity contribution in [1.29, 1.82) is 0 Å². The Hall–Kier alpha value is -3.09. The van der Waals surface area contributed by atoms with Crippen LogP contribution in [0.25, 0.3) is 22.6 Å². The van der Waals surface area contributed by atoms with E-state index in [-0.39, 0.29) is 5.56 Å². The Morgan fingerprint density at radius 1 is 1.18 bits per heavy atom. The lowest BCUT2D eigenvalue weighted by Crippen LogP contribution is -2.34. The molecule has 28 heavy (non-hydrogen) atoms. The number of fused-ring (bicyclic) bond motifs is 2. The minimum absolute atomic E-state index is 0.273. The fourth-order valence-corrected chi connectivity index (χ4v) is 3.55. The summed E-state index contributed by atoms with van der Waals surface area (Å²) in [6.07, 6.45) is 1.08. The van der Waals surface area contributed by atoms with Crippen LogP contribution in [0, 0.1) is 0 Å². The van der Waals surface area contributed by atoms with E-state index in [4.69, 9.17) is 9.40 Å². The molecule has 2 heterocycles. The number of allylic oxidation sites excluding steroid dienone is 1. The summed E-state index contributed by atoms with van der Waals surface area (Å²) in [5.41, 5.74) is 3.09. The Bertz CT molecular complexity index is 1050. The van der Waals surface area contributed by atoms with Crippen LogP contribution in [0.1, 0.15) is 40.2 Å². The number of nitrogens with one attached hydrogen (secondary N) is 1. The van der Waals surface area contributed by atoms with Gasteiger partial charge in [-0.3, -0.25) is 4.79 Å². The number of amides is 1. The number of pyridine rings is 1. The fourth-order valence-electron chi connectivity index (χ4n) is 3.55. The van der Waals surface area contributed by atoms with Crippen LogP contribution in [0.4, 0.5) is 13.2 Å². The second-order valence-corrected chi connectivity index (χ2v) is 6.67. The number of furan rings is 1. The van der Waals surface area contributed by atoms with Crippen LogP contribution in [0.5, 0.6) is 0 Å². The molecule has 4 rings (SSSR count). The smallest absolute Gasteiger partial charge is 0.405 e. The molecule has 0 spiro atoms. The molecular weight excluding hydrogens is 369 g/mol. The molecule has 0 saturated heterocycles. The maximum atomic E-state index is 12.7. The molecule has 3 aromatic rings. The summed E-state index contributed by atoms with van der Waals surface area (Å²) >= 11 is 0. The Balaban J connectivity index is 1.86. The van der Waals surface area contributed by atoms with E-state index >= 15 is 0 Å². The molecule has 4 nitrogen and oxygen atoms in total. The largest absolute Gasteiger partial charge is 0.465 e. The predicted molar refractivity (Wildman–Crippen MR) is 99.6 cm³/mol. The van der Waals surface area contributed by atoms with Gasteiger partial charge in [0.25, 0.3) is 5.91 Å². The minimum atomic E-state index is -4.47. The lowest BCUT2D eigenvalue weighted by Gasteiger charge is -2.22. The van der Waals surface area contributed by atoms with Crippen LogP contribution in [0.15, 0.2) is 47.1 Å². The summed E-state index contributed by atoms with van der Waals surface area (Å²) in [6, 6.07) is 10.6. The maximum absolute atomic E-state index is 12.7. The van der Waals surface area contributed by atoms with Crippen molar-refractivity contribution in [1.82, 2.24) is 10.3 Å². The number of nitrogens with zero attached hydrogens (tertiary/aromatic N) is 1. The molecule has 0 bridgehead atoms. The minimum Gasteiger partial charge on any atom is -0.465 e. The second kappa shape index (κ2) is 7.14. The maximum Gasteiger partial charge on any atom is 0.405 e. The van der Waals surface area contributed by atoms with Crippen molar-refractivity contribution in [3.05, 3.63) is 65.2 Å². The van der Waals surface area contributed by atoms with Crippen LogP contribution >= 0.6 is 0 Å². The van der Waals surface area contributed by atoms with Crippen molar-refractivity contribution < 1.29 is 22.4 Å². The Morgan fingerprint density at radius 3 is 2.75 bits per heavy atom. The van der Waals surface area contributed by atoms with Crippen molar-refractivity contribution in [3.8, 4) is 0 Å². The lowest BCUT2D eigenvalue weighted by molar-refractivity contribution is -0.123. The van der Waals surface area contributed by atoms with Crippen LogP contribution < -0.4 is 5.32 Å². The summed E-state index contributed by atoms with van der Waals surface area (Å²) < 4.78 is 43.2. The highest BCUT2D eigenvalue weighted by Gasteiger charge is 2.30. The Labute approximate surface area is 159 Å². The molecule has 2 aromatic heterocycles. The summed E-state index contributed by atoms with van der Waals surface area (Å²) in [4.78, 5) is 17.4. The van der Waals surface area contributed by atoms with E-state index in [1.807, 2.05) is 17.5 Å². The highest BCUT2D eigenvalue weighted by Crippen LogP contribution is 2.36. The standard InChI is InChI=1S/C21H17F3N2O2/c22-21(23,24)12-25-20(27)18-15-7-1-2-9-17(15)26-19-13(5-3-8-16(18)19)11-14-6-4-10-28-14/h1-2,4,6-7,9-11H,3,5,8,12H2,(H,25,27). The van der Waals surface area contributed by atoms with Crippen molar-refractivity contribution in [2.75, 3.05) is 6.54 Å². The number of aromatic nitrogens is 1. The monoisotopic (exact) mass is 386 g/mol. The van der Waals surface area contributed by atoms with Crippen molar-refractivity contribution >= 4 is 28.5 Å². The number of alkyl halides is 3. The molecule has 1 aliphatic rings. The Kier molecular flexibility index (Phi) is 4.66. The second-order valence-electron chi connectivity index (χ2n) is 6.67. The first-order valence-corrected chi connectivity index (χ1v) is 8.93. The molecule has 0 atom stereocenters. The van der Waals surface area contributed by atoms with Gasteiger partial charge in [0.1, 0.15) is 12.3 Å². The van der Waals surface area contributed by atoms with Gasteiger partial charge in [0.2, 0.25) is 0 Å². The quantitative estimate of drug-likeness (QED) is 0.689. The van der Waals surface area contributed by atoms with Crippen LogP contribution in [-0.2, 0) is 6.42 Å². The van der Waals surface area contributed by atoms with Gasteiger partial charge < -0.3 is 9.73 Å². The number of hydrogen-bond acceptors (Lipinski definition) is 3. The third kappa shape index (κ3) is 3.65. The molecule has 1 aliphatic carbocycles. The molecule has 0 radical (unpaired) electrons. The van der Waals surface area contributed by atoms with Crippen LogP contribution in [-0.4, -0.2) is 23.6 Å². The van der Waals surface area contributed by atoms with Gasteiger partial charge in [0.05, 0.1) is 23.0 Å². The number of carbonyl (C=O) groups is 1. The SMILES string of the molecule is O=C(NCC(F)(F)F)c1c2c(nc3ccccc13)C(=Cc1ccco1)CCC2. The number of benzene rings is 1. The number of carbonyl (C=O) groups excluding carboxylic acids is 1. The molecule has 7 heteroatoms. The van der Waals surface area contributed by atoms with Gasteiger partial charge in [-0.1, -0.05) is 18.2 Å². The summed E-state index contributed by atoms with van der Waals surface area (Å²) in [6.45, 7) is -1.37. The van der Waals surface area contributed by atoms with Crippen LogP contribution in [0.2, 0.25) is 0 Å². The van der Waals surface area contributed by atoms with Gasteiger partial charge in [-0.05, 0) is 54.7 Å². The zero-order chi connectivity index (χ0) is 19.7. The molecular formula is C21H17F3N2O2. The van der Waals surface area contributed by atoms with Crippen LogP contribution in [0.3, 0.4) is 0 Å². The van der Waals surface area contributed by atoms with Gasteiger partial charge in [-0.25, -0.2) is 4.98 Å². The van der Waals surface area contributed by atoms with E-state index in [0.717, 1.165) is 18.4 Å². The van der Waals surface area contributed by atoms with Gasteiger partial charge >= 0.3 is 6.18 Å². The van der Waals surface area contributed by atoms with E-state index in [9.17, 15) is 18.0 Å².